The molecule has 1 saturated heterocycles. The first-order chi connectivity index (χ1) is 14.4. The minimum Gasteiger partial charge on any atom is -0.484 e. The second kappa shape index (κ2) is 8.52. The van der Waals surface area contributed by atoms with Crippen LogP contribution in [-0.2, 0) is 4.79 Å². The lowest BCUT2D eigenvalue weighted by molar-refractivity contribution is -0.136. The van der Waals surface area contributed by atoms with Crippen LogP contribution in [0.1, 0.15) is 31.9 Å². The van der Waals surface area contributed by atoms with Crippen molar-refractivity contribution in [2.24, 2.45) is 0 Å². The van der Waals surface area contributed by atoms with Gasteiger partial charge >= 0.3 is 0 Å². The molecule has 0 spiro atoms. The van der Waals surface area contributed by atoms with E-state index in [-0.39, 0.29) is 24.0 Å². The van der Waals surface area contributed by atoms with E-state index in [4.69, 9.17) is 20.8 Å². The Bertz CT molecular complexity index is 1140. The third-order valence-electron chi connectivity index (χ3n) is 5.66. The molecule has 1 amide bonds. The van der Waals surface area contributed by atoms with Crippen LogP contribution in [-0.4, -0.2) is 30.0 Å². The maximum absolute atomic E-state index is 13.1. The Morgan fingerprint density at radius 2 is 1.97 bits per heavy atom. The fourth-order valence-electron chi connectivity index (χ4n) is 4.02. The van der Waals surface area contributed by atoms with Gasteiger partial charge in [-0.05, 0) is 62.9 Å². The molecule has 1 atom stereocenters. The summed E-state index contributed by atoms with van der Waals surface area (Å²) in [6.07, 6.45) is 3.22. The molecule has 1 aliphatic heterocycles. The average molecular weight is 426 g/mol. The van der Waals surface area contributed by atoms with Crippen molar-refractivity contribution in [3.63, 3.8) is 0 Å². The van der Waals surface area contributed by atoms with Crippen molar-refractivity contribution in [2.75, 3.05) is 13.2 Å². The zero-order chi connectivity index (χ0) is 21.3. The van der Waals surface area contributed by atoms with E-state index < -0.39 is 0 Å². The van der Waals surface area contributed by atoms with E-state index in [1.54, 1.807) is 49.4 Å². The Balaban J connectivity index is 1.57. The molecule has 5 nitrogen and oxygen atoms in total. The largest absolute Gasteiger partial charge is 0.484 e. The SMILES string of the molecule is Cc1oc2cc(OCC(=O)N3CCCC[C@@H]3C)ccc2c(=O)c1-c1ccc(Cl)cc1. The number of fused-ring (bicyclic) bond motifs is 1. The highest BCUT2D eigenvalue weighted by Crippen LogP contribution is 2.27. The molecular formula is C24H24ClNO4. The summed E-state index contributed by atoms with van der Waals surface area (Å²) in [5.41, 5.74) is 1.60. The third kappa shape index (κ3) is 4.08. The molecule has 2 aromatic carbocycles. The van der Waals surface area contributed by atoms with Crippen LogP contribution in [0, 0.1) is 6.92 Å². The van der Waals surface area contributed by atoms with Crippen molar-refractivity contribution in [1.82, 2.24) is 4.90 Å². The Morgan fingerprint density at radius 1 is 1.20 bits per heavy atom. The smallest absolute Gasteiger partial charge is 0.260 e. The van der Waals surface area contributed by atoms with Crippen molar-refractivity contribution < 1.29 is 13.9 Å². The molecule has 156 valence electrons. The Labute approximate surface area is 180 Å². The fourth-order valence-corrected chi connectivity index (χ4v) is 4.15. The van der Waals surface area contributed by atoms with E-state index in [1.807, 2.05) is 4.90 Å². The van der Waals surface area contributed by atoms with Crippen molar-refractivity contribution in [3.05, 3.63) is 63.5 Å². The summed E-state index contributed by atoms with van der Waals surface area (Å²) in [5, 5.41) is 1.07. The van der Waals surface area contributed by atoms with Gasteiger partial charge in [0.1, 0.15) is 17.1 Å². The van der Waals surface area contributed by atoms with Gasteiger partial charge in [0.15, 0.2) is 6.61 Å². The summed E-state index contributed by atoms with van der Waals surface area (Å²) in [5.74, 6) is 1.01. The molecular weight excluding hydrogens is 402 g/mol. The molecule has 0 N–H and O–H groups in total. The van der Waals surface area contributed by atoms with Gasteiger partial charge in [-0.2, -0.15) is 0 Å². The van der Waals surface area contributed by atoms with E-state index in [0.717, 1.165) is 31.4 Å². The Kier molecular flexibility index (Phi) is 5.82. The second-order valence-electron chi connectivity index (χ2n) is 7.75. The molecule has 6 heteroatoms. The zero-order valence-electron chi connectivity index (χ0n) is 17.1. The van der Waals surface area contributed by atoms with E-state index in [0.29, 0.717) is 33.1 Å². The highest BCUT2D eigenvalue weighted by Gasteiger charge is 2.23. The minimum atomic E-state index is -0.110. The van der Waals surface area contributed by atoms with Gasteiger partial charge in [-0.25, -0.2) is 0 Å². The van der Waals surface area contributed by atoms with Crippen LogP contribution in [0.3, 0.4) is 0 Å². The number of carbonyl (C=O) groups is 1. The quantitative estimate of drug-likeness (QED) is 0.576. The molecule has 1 aromatic heterocycles. The summed E-state index contributed by atoms with van der Waals surface area (Å²) < 4.78 is 11.6. The maximum Gasteiger partial charge on any atom is 0.260 e. The minimum absolute atomic E-state index is 0.0157. The van der Waals surface area contributed by atoms with Gasteiger partial charge in [-0.3, -0.25) is 9.59 Å². The first-order valence-electron chi connectivity index (χ1n) is 10.2. The number of halogens is 1. The number of benzene rings is 2. The number of carbonyl (C=O) groups excluding carboxylic acids is 1. The number of piperidine rings is 1. The average Bonchev–Trinajstić information content (AvgIpc) is 2.73. The van der Waals surface area contributed by atoms with E-state index in [9.17, 15) is 9.59 Å². The third-order valence-corrected chi connectivity index (χ3v) is 5.91. The number of amides is 1. The summed E-state index contributed by atoms with van der Waals surface area (Å²) in [7, 11) is 0. The van der Waals surface area contributed by atoms with Gasteiger partial charge in [0.25, 0.3) is 5.91 Å². The van der Waals surface area contributed by atoms with Gasteiger partial charge in [-0.15, -0.1) is 0 Å². The van der Waals surface area contributed by atoms with E-state index in [1.165, 1.54) is 0 Å². The molecule has 0 unspecified atom stereocenters. The summed E-state index contributed by atoms with van der Waals surface area (Å²) in [6, 6.07) is 12.4. The standard InChI is InChI=1S/C24H24ClNO4/c1-15-5-3-4-12-26(15)22(27)14-29-19-10-11-20-21(13-19)30-16(2)23(24(20)28)17-6-8-18(25)9-7-17/h6-11,13,15H,3-5,12,14H2,1-2H3/t15-/m0/s1. The monoisotopic (exact) mass is 425 g/mol. The van der Waals surface area contributed by atoms with Gasteiger partial charge in [-0.1, -0.05) is 23.7 Å². The molecule has 30 heavy (non-hydrogen) atoms. The van der Waals surface area contributed by atoms with Crippen molar-refractivity contribution in [2.45, 2.75) is 39.2 Å². The van der Waals surface area contributed by atoms with Gasteiger partial charge < -0.3 is 14.1 Å². The normalized spacial score (nSPS) is 16.6. The number of ether oxygens (including phenoxy) is 1. The van der Waals surface area contributed by atoms with Crippen LogP contribution in [0.2, 0.25) is 5.02 Å². The number of likely N-dealkylation sites (tertiary alicyclic amines) is 1. The first kappa shape index (κ1) is 20.5. The molecule has 3 aromatic rings. The highest BCUT2D eigenvalue weighted by atomic mass is 35.5. The van der Waals surface area contributed by atoms with Gasteiger partial charge in [0.05, 0.1) is 10.9 Å². The molecule has 4 rings (SSSR count). The lowest BCUT2D eigenvalue weighted by Crippen LogP contribution is -2.44. The number of nitrogens with zero attached hydrogens (tertiary/aromatic N) is 1. The summed E-state index contributed by atoms with van der Waals surface area (Å²) in [4.78, 5) is 27.4. The maximum atomic E-state index is 13.1. The summed E-state index contributed by atoms with van der Waals surface area (Å²) >= 11 is 5.96. The summed E-state index contributed by atoms with van der Waals surface area (Å²) in [6.45, 7) is 4.59. The molecule has 1 aliphatic rings. The second-order valence-corrected chi connectivity index (χ2v) is 8.18. The Hall–Kier alpha value is -2.79. The van der Waals surface area contributed by atoms with Crippen molar-refractivity contribution in [1.29, 1.82) is 0 Å². The van der Waals surface area contributed by atoms with Crippen LogP contribution in [0.25, 0.3) is 22.1 Å². The fraction of sp³-hybridized carbons (Fsp3) is 0.333. The number of aryl methyl sites for hydroxylation is 1. The number of rotatable bonds is 4. The van der Waals surface area contributed by atoms with Crippen LogP contribution >= 0.6 is 11.6 Å². The Morgan fingerprint density at radius 3 is 2.70 bits per heavy atom. The molecule has 0 bridgehead atoms. The van der Waals surface area contributed by atoms with Crippen LogP contribution in [0.15, 0.2) is 51.7 Å². The van der Waals surface area contributed by atoms with E-state index in [2.05, 4.69) is 6.92 Å². The molecule has 0 aliphatic carbocycles. The zero-order valence-corrected chi connectivity index (χ0v) is 17.9. The topological polar surface area (TPSA) is 59.8 Å². The van der Waals surface area contributed by atoms with E-state index >= 15 is 0 Å². The predicted octanol–water partition coefficient (Wildman–Crippen LogP) is 5.20. The first-order valence-corrected chi connectivity index (χ1v) is 10.6. The lowest BCUT2D eigenvalue weighted by Gasteiger charge is -2.33. The van der Waals surface area contributed by atoms with Gasteiger partial charge in [0.2, 0.25) is 5.43 Å². The van der Waals surface area contributed by atoms with Crippen LogP contribution in [0.4, 0.5) is 0 Å². The van der Waals surface area contributed by atoms with Crippen molar-refractivity contribution in [3.8, 4) is 16.9 Å². The van der Waals surface area contributed by atoms with Crippen LogP contribution < -0.4 is 10.2 Å². The van der Waals surface area contributed by atoms with Crippen LogP contribution in [0.5, 0.6) is 5.75 Å². The van der Waals surface area contributed by atoms with Crippen molar-refractivity contribution >= 4 is 28.5 Å². The number of hydrogen-bond acceptors (Lipinski definition) is 4. The molecule has 0 radical (unpaired) electrons. The molecule has 0 saturated carbocycles. The molecule has 1 fully saturated rings. The lowest BCUT2D eigenvalue weighted by atomic mass is 10.0. The van der Waals surface area contributed by atoms with Gasteiger partial charge in [0, 0.05) is 23.7 Å². The predicted molar refractivity (Wildman–Crippen MR) is 118 cm³/mol. The molecule has 2 heterocycles. The number of hydrogen-bond donors (Lipinski definition) is 0. The highest BCUT2D eigenvalue weighted by molar-refractivity contribution is 6.30.